The molecule has 2 aliphatic rings. The predicted molar refractivity (Wildman–Crippen MR) is 108 cm³/mol. The Morgan fingerprint density at radius 3 is 2.54 bits per heavy atom. The molecule has 0 aromatic heterocycles. The fourth-order valence-electron chi connectivity index (χ4n) is 3.09. The first-order valence-corrected chi connectivity index (χ1v) is 12.9. The number of amidine groups is 1. The summed E-state index contributed by atoms with van der Waals surface area (Å²) in [4.78, 5) is 2.48. The van der Waals surface area contributed by atoms with Gasteiger partial charge in [0.05, 0.1) is 0 Å². The van der Waals surface area contributed by atoms with Gasteiger partial charge < -0.3 is 9.33 Å². The van der Waals surface area contributed by atoms with E-state index in [4.69, 9.17) is 8.82 Å². The Labute approximate surface area is 152 Å². The zero-order chi connectivity index (χ0) is 17.4. The molecule has 3 nitrogen and oxygen atoms in total. The highest BCUT2D eigenvalue weighted by molar-refractivity contribution is 7.98. The Bertz CT molecular complexity index is 607. The van der Waals surface area contributed by atoms with Crippen LogP contribution in [0.4, 0.5) is 0 Å². The Balaban J connectivity index is 1.76. The molecule has 1 fully saturated rings. The van der Waals surface area contributed by atoms with Crippen molar-refractivity contribution in [2.45, 2.75) is 57.7 Å². The number of hydrogen-bond acceptors (Lipinski definition) is 4. The van der Waals surface area contributed by atoms with Crippen LogP contribution in [0.2, 0.25) is 18.1 Å². The van der Waals surface area contributed by atoms with Gasteiger partial charge in [-0.15, -0.1) is 0 Å². The summed E-state index contributed by atoms with van der Waals surface area (Å²) in [6, 6.07) is 8.81. The van der Waals surface area contributed by atoms with E-state index >= 15 is 0 Å². The van der Waals surface area contributed by atoms with Crippen molar-refractivity contribution in [3.63, 3.8) is 0 Å². The van der Waals surface area contributed by atoms with E-state index in [0.717, 1.165) is 18.0 Å². The Morgan fingerprint density at radius 2 is 1.88 bits per heavy atom. The van der Waals surface area contributed by atoms with Crippen LogP contribution < -0.4 is 4.43 Å². The summed E-state index contributed by atoms with van der Waals surface area (Å²) in [5, 5.41) is 0.226. The van der Waals surface area contributed by atoms with Crippen LogP contribution in [0.5, 0.6) is 5.75 Å². The van der Waals surface area contributed by atoms with Gasteiger partial charge in [-0.05, 0) is 60.6 Å². The van der Waals surface area contributed by atoms with Crippen molar-refractivity contribution >= 4 is 26.1 Å². The van der Waals surface area contributed by atoms with E-state index in [1.54, 1.807) is 11.9 Å². The molecule has 0 radical (unpaired) electrons. The standard InChI is InChI=1S/C19H30N2OSSi/c1-19(2,3)24(4,5)22-16-10-8-15(9-11-16)17-7-6-12-21-13-14-23-20-18(17)21/h8-11,17H,6-7,12-14H2,1-5H3/t17-/m1/s1. The monoisotopic (exact) mass is 362 g/mol. The van der Waals surface area contributed by atoms with E-state index in [1.165, 1.54) is 30.8 Å². The fraction of sp³-hybridized carbons (Fsp3) is 0.632. The SMILES string of the molecule is CC(C)(C)[Si](C)(C)Oc1ccc([C@H]2CCCN3CCSN=C23)cc1. The van der Waals surface area contributed by atoms with E-state index < -0.39 is 8.32 Å². The molecule has 1 aromatic carbocycles. The van der Waals surface area contributed by atoms with E-state index in [9.17, 15) is 0 Å². The van der Waals surface area contributed by atoms with Gasteiger partial charge in [0.15, 0.2) is 0 Å². The van der Waals surface area contributed by atoms with Crippen LogP contribution in [0, 0.1) is 0 Å². The van der Waals surface area contributed by atoms with Crippen molar-refractivity contribution in [1.82, 2.24) is 4.90 Å². The zero-order valence-corrected chi connectivity index (χ0v) is 17.4. The summed E-state index contributed by atoms with van der Waals surface area (Å²) in [6.07, 6.45) is 2.47. The Morgan fingerprint density at radius 1 is 1.17 bits per heavy atom. The fourth-order valence-corrected chi connectivity index (χ4v) is 4.89. The van der Waals surface area contributed by atoms with Crippen LogP contribution in [0.1, 0.15) is 45.1 Å². The first kappa shape index (κ1) is 17.9. The molecule has 1 aromatic rings. The molecule has 2 aliphatic heterocycles. The third-order valence-electron chi connectivity index (χ3n) is 5.63. The Hall–Kier alpha value is -0.943. The first-order chi connectivity index (χ1) is 11.3. The first-order valence-electron chi connectivity index (χ1n) is 9.02. The third kappa shape index (κ3) is 3.67. The van der Waals surface area contributed by atoms with Gasteiger partial charge in [-0.2, -0.15) is 0 Å². The molecule has 0 amide bonds. The molecule has 1 saturated heterocycles. The minimum Gasteiger partial charge on any atom is -0.544 e. The smallest absolute Gasteiger partial charge is 0.250 e. The molecule has 0 unspecified atom stereocenters. The maximum atomic E-state index is 6.41. The number of rotatable bonds is 3. The van der Waals surface area contributed by atoms with Crippen molar-refractivity contribution in [2.24, 2.45) is 4.40 Å². The van der Waals surface area contributed by atoms with Crippen LogP contribution >= 0.6 is 11.9 Å². The van der Waals surface area contributed by atoms with Crippen LogP contribution in [0.25, 0.3) is 0 Å². The normalized spacial score (nSPS) is 22.0. The van der Waals surface area contributed by atoms with Gasteiger partial charge in [0, 0.05) is 24.8 Å². The van der Waals surface area contributed by atoms with E-state index in [1.807, 2.05) is 0 Å². The molecule has 3 rings (SSSR count). The van der Waals surface area contributed by atoms with E-state index in [2.05, 4.69) is 63.0 Å². The third-order valence-corrected chi connectivity index (χ3v) is 10.7. The number of nitrogens with zero attached hydrogens (tertiary/aromatic N) is 2. The molecular weight excluding hydrogens is 332 g/mol. The molecular formula is C19H30N2OSSi. The van der Waals surface area contributed by atoms with Crippen molar-refractivity contribution in [2.75, 3.05) is 18.8 Å². The summed E-state index contributed by atoms with van der Waals surface area (Å²) < 4.78 is 11.2. The summed E-state index contributed by atoms with van der Waals surface area (Å²) in [7, 11) is -1.77. The van der Waals surface area contributed by atoms with Crippen LogP contribution in [0.15, 0.2) is 28.7 Å². The number of piperidine rings is 1. The maximum absolute atomic E-state index is 6.41. The minimum absolute atomic E-state index is 0.226. The van der Waals surface area contributed by atoms with Crippen LogP contribution in [-0.4, -0.2) is 37.9 Å². The summed E-state index contributed by atoms with van der Waals surface area (Å²) >= 11 is 1.72. The lowest BCUT2D eigenvalue weighted by molar-refractivity contribution is 0.371. The van der Waals surface area contributed by atoms with Gasteiger partial charge in [-0.25, -0.2) is 4.40 Å². The van der Waals surface area contributed by atoms with Crippen molar-refractivity contribution < 1.29 is 4.43 Å². The molecule has 0 bridgehead atoms. The molecule has 0 N–H and O–H groups in total. The van der Waals surface area contributed by atoms with Crippen molar-refractivity contribution in [1.29, 1.82) is 0 Å². The Kier molecular flexibility index (Phi) is 5.03. The lowest BCUT2D eigenvalue weighted by Crippen LogP contribution is -2.44. The highest BCUT2D eigenvalue weighted by Crippen LogP contribution is 2.38. The predicted octanol–water partition coefficient (Wildman–Crippen LogP) is 5.31. The maximum Gasteiger partial charge on any atom is 0.250 e. The molecule has 0 saturated carbocycles. The molecule has 5 heteroatoms. The lowest BCUT2D eigenvalue weighted by atomic mass is 9.89. The van der Waals surface area contributed by atoms with Crippen LogP contribution in [0.3, 0.4) is 0 Å². The second kappa shape index (κ2) is 6.75. The van der Waals surface area contributed by atoms with Gasteiger partial charge >= 0.3 is 0 Å². The molecule has 24 heavy (non-hydrogen) atoms. The zero-order valence-electron chi connectivity index (χ0n) is 15.6. The van der Waals surface area contributed by atoms with Crippen molar-refractivity contribution in [3.05, 3.63) is 29.8 Å². The topological polar surface area (TPSA) is 24.8 Å². The summed E-state index contributed by atoms with van der Waals surface area (Å²) in [5.41, 5.74) is 1.38. The average molecular weight is 363 g/mol. The highest BCUT2D eigenvalue weighted by Gasteiger charge is 2.39. The van der Waals surface area contributed by atoms with Gasteiger partial charge in [0.1, 0.15) is 11.6 Å². The highest BCUT2D eigenvalue weighted by atomic mass is 32.2. The molecule has 2 heterocycles. The summed E-state index contributed by atoms with van der Waals surface area (Å²) in [6.45, 7) is 13.8. The van der Waals surface area contributed by atoms with Crippen molar-refractivity contribution in [3.8, 4) is 5.75 Å². The lowest BCUT2D eigenvalue weighted by Gasteiger charge is -2.38. The van der Waals surface area contributed by atoms with E-state index in [0.29, 0.717) is 5.92 Å². The summed E-state index contributed by atoms with van der Waals surface area (Å²) in [5.74, 6) is 3.87. The number of fused-ring (bicyclic) bond motifs is 1. The molecule has 132 valence electrons. The van der Waals surface area contributed by atoms with Gasteiger partial charge in [-0.3, -0.25) is 0 Å². The largest absolute Gasteiger partial charge is 0.544 e. The quantitative estimate of drug-likeness (QED) is 0.538. The van der Waals surface area contributed by atoms with Crippen LogP contribution in [-0.2, 0) is 0 Å². The number of hydrogen-bond donors (Lipinski definition) is 0. The minimum atomic E-state index is -1.77. The van der Waals surface area contributed by atoms with Gasteiger partial charge in [-0.1, -0.05) is 32.9 Å². The average Bonchev–Trinajstić information content (AvgIpc) is 2.54. The second-order valence-electron chi connectivity index (χ2n) is 8.40. The molecule has 1 atom stereocenters. The van der Waals surface area contributed by atoms with E-state index in [-0.39, 0.29) is 5.04 Å². The van der Waals surface area contributed by atoms with Gasteiger partial charge in [0.2, 0.25) is 8.32 Å². The number of benzene rings is 1. The molecule has 0 aliphatic carbocycles. The second-order valence-corrected chi connectivity index (χ2v) is 14.0. The molecule has 0 spiro atoms. The van der Waals surface area contributed by atoms with Gasteiger partial charge in [0.25, 0.3) is 0 Å².